The maximum atomic E-state index is 13.4. The SMILES string of the molecule is O=C(c1ccccc1OCc1ccc(F)cc1)N1CCCC(c2nnc3ccc(C(F)(F)F)cn23)C1. The molecule has 0 saturated carbocycles. The van der Waals surface area contributed by atoms with E-state index in [9.17, 15) is 22.4 Å². The minimum atomic E-state index is -4.48. The van der Waals surface area contributed by atoms with Crippen LogP contribution >= 0.6 is 0 Å². The van der Waals surface area contributed by atoms with Gasteiger partial charge in [-0.2, -0.15) is 13.2 Å². The highest BCUT2D eigenvalue weighted by Crippen LogP contribution is 2.32. The molecule has 0 spiro atoms. The van der Waals surface area contributed by atoms with E-state index in [0.29, 0.717) is 48.7 Å². The lowest BCUT2D eigenvalue weighted by Crippen LogP contribution is -2.39. The number of aromatic nitrogens is 3. The summed E-state index contributed by atoms with van der Waals surface area (Å²) in [5.41, 5.74) is 0.673. The van der Waals surface area contributed by atoms with E-state index in [4.69, 9.17) is 4.74 Å². The zero-order valence-electron chi connectivity index (χ0n) is 19.1. The monoisotopic (exact) mass is 498 g/mol. The smallest absolute Gasteiger partial charge is 0.417 e. The van der Waals surface area contributed by atoms with Crippen molar-refractivity contribution in [1.29, 1.82) is 0 Å². The lowest BCUT2D eigenvalue weighted by atomic mass is 9.96. The molecule has 1 saturated heterocycles. The van der Waals surface area contributed by atoms with Gasteiger partial charge in [0.25, 0.3) is 5.91 Å². The van der Waals surface area contributed by atoms with Gasteiger partial charge >= 0.3 is 6.18 Å². The average molecular weight is 498 g/mol. The van der Waals surface area contributed by atoms with Crippen molar-refractivity contribution in [1.82, 2.24) is 19.5 Å². The molecule has 1 unspecified atom stereocenters. The van der Waals surface area contributed by atoms with Crippen LogP contribution in [0.5, 0.6) is 5.75 Å². The lowest BCUT2D eigenvalue weighted by molar-refractivity contribution is -0.137. The summed E-state index contributed by atoms with van der Waals surface area (Å²) in [6, 6.07) is 15.1. The van der Waals surface area contributed by atoms with E-state index in [1.165, 1.54) is 22.6 Å². The summed E-state index contributed by atoms with van der Waals surface area (Å²) in [4.78, 5) is 15.1. The standard InChI is InChI=1S/C26H22F4N4O2/c27-20-10-7-17(8-11-20)16-36-22-6-2-1-5-21(22)25(35)33-13-3-4-18(14-33)24-32-31-23-12-9-19(15-34(23)24)26(28,29)30/h1-2,5-12,15,18H,3-4,13-14,16H2. The zero-order valence-corrected chi connectivity index (χ0v) is 19.1. The summed E-state index contributed by atoms with van der Waals surface area (Å²) in [5.74, 6) is -0.0529. The van der Waals surface area contributed by atoms with Crippen LogP contribution in [0.3, 0.4) is 0 Å². The van der Waals surface area contributed by atoms with Crippen LogP contribution in [-0.2, 0) is 12.8 Å². The fourth-order valence-electron chi connectivity index (χ4n) is 4.41. The molecular formula is C26H22F4N4O2. The third-order valence-electron chi connectivity index (χ3n) is 6.25. The summed E-state index contributed by atoms with van der Waals surface area (Å²) < 4.78 is 60.1. The number of halogens is 4. The number of hydrogen-bond donors (Lipinski definition) is 0. The molecule has 1 amide bonds. The minimum absolute atomic E-state index is 0.167. The van der Waals surface area contributed by atoms with E-state index in [0.717, 1.165) is 17.8 Å². The van der Waals surface area contributed by atoms with Crippen LogP contribution in [0.4, 0.5) is 17.6 Å². The molecule has 4 aromatic rings. The Hall–Kier alpha value is -3.95. The van der Waals surface area contributed by atoms with Crippen LogP contribution in [0.25, 0.3) is 5.65 Å². The first kappa shape index (κ1) is 23.8. The van der Waals surface area contributed by atoms with Crippen LogP contribution in [-0.4, -0.2) is 38.5 Å². The number of nitrogens with zero attached hydrogens (tertiary/aromatic N) is 4. The molecule has 10 heteroatoms. The molecular weight excluding hydrogens is 476 g/mol. The van der Waals surface area contributed by atoms with Gasteiger partial charge in [0.2, 0.25) is 0 Å². The number of piperidine rings is 1. The molecule has 2 aromatic heterocycles. The number of carbonyl (C=O) groups is 1. The van der Waals surface area contributed by atoms with Gasteiger partial charge in [-0.15, -0.1) is 10.2 Å². The van der Waals surface area contributed by atoms with Gasteiger partial charge in [0.1, 0.15) is 24.0 Å². The predicted octanol–water partition coefficient (Wildman–Crippen LogP) is 5.49. The number of amides is 1. The molecule has 1 aliphatic rings. The third kappa shape index (κ3) is 4.89. The zero-order chi connectivity index (χ0) is 25.3. The van der Waals surface area contributed by atoms with Crippen LogP contribution < -0.4 is 4.74 Å². The Bertz CT molecular complexity index is 1380. The Morgan fingerprint density at radius 2 is 1.81 bits per heavy atom. The number of pyridine rings is 1. The number of ether oxygens (including phenoxy) is 1. The van der Waals surface area contributed by atoms with Crippen molar-refractivity contribution >= 4 is 11.6 Å². The van der Waals surface area contributed by atoms with Gasteiger partial charge in [0.05, 0.1) is 11.1 Å². The summed E-state index contributed by atoms with van der Waals surface area (Å²) in [6.45, 7) is 0.967. The Labute approximate surface area is 204 Å². The highest BCUT2D eigenvalue weighted by atomic mass is 19.4. The van der Waals surface area contributed by atoms with Crippen molar-refractivity contribution in [3.8, 4) is 5.75 Å². The Kier molecular flexibility index (Phi) is 6.34. The van der Waals surface area contributed by atoms with Crippen molar-refractivity contribution in [2.45, 2.75) is 31.5 Å². The van der Waals surface area contributed by atoms with Crippen molar-refractivity contribution in [2.24, 2.45) is 0 Å². The topological polar surface area (TPSA) is 59.7 Å². The van der Waals surface area contributed by atoms with E-state index < -0.39 is 11.7 Å². The summed E-state index contributed by atoms with van der Waals surface area (Å²) in [7, 11) is 0. The molecule has 0 radical (unpaired) electrons. The predicted molar refractivity (Wildman–Crippen MR) is 123 cm³/mol. The second-order valence-corrected chi connectivity index (χ2v) is 8.70. The van der Waals surface area contributed by atoms with E-state index in [1.54, 1.807) is 41.3 Å². The van der Waals surface area contributed by atoms with Gasteiger partial charge < -0.3 is 9.64 Å². The fourth-order valence-corrected chi connectivity index (χ4v) is 4.41. The summed E-state index contributed by atoms with van der Waals surface area (Å²) >= 11 is 0. The van der Waals surface area contributed by atoms with Crippen molar-refractivity contribution in [3.05, 3.63) is 95.2 Å². The normalized spacial score (nSPS) is 16.3. The minimum Gasteiger partial charge on any atom is -0.488 e. The second-order valence-electron chi connectivity index (χ2n) is 8.70. The maximum absolute atomic E-state index is 13.4. The molecule has 5 rings (SSSR count). The molecule has 1 atom stereocenters. The molecule has 36 heavy (non-hydrogen) atoms. The van der Waals surface area contributed by atoms with E-state index in [1.807, 2.05) is 0 Å². The number of alkyl halides is 3. The molecule has 0 bridgehead atoms. The van der Waals surface area contributed by atoms with E-state index >= 15 is 0 Å². The largest absolute Gasteiger partial charge is 0.488 e. The van der Waals surface area contributed by atoms with Gasteiger partial charge in [-0.05, 0) is 54.8 Å². The first-order valence-electron chi connectivity index (χ1n) is 11.5. The van der Waals surface area contributed by atoms with Gasteiger partial charge in [0.15, 0.2) is 5.65 Å². The van der Waals surface area contributed by atoms with Crippen molar-refractivity contribution in [2.75, 3.05) is 13.1 Å². The van der Waals surface area contributed by atoms with Gasteiger partial charge in [-0.25, -0.2) is 4.39 Å². The number of rotatable bonds is 5. The van der Waals surface area contributed by atoms with Crippen LogP contribution in [0.15, 0.2) is 66.9 Å². The summed E-state index contributed by atoms with van der Waals surface area (Å²) in [5, 5.41) is 8.17. The molecule has 186 valence electrons. The quantitative estimate of drug-likeness (QED) is 0.342. The summed E-state index contributed by atoms with van der Waals surface area (Å²) in [6.07, 6.45) is -2.14. The molecule has 1 fully saturated rings. The molecule has 0 aliphatic carbocycles. The Morgan fingerprint density at radius 1 is 1.03 bits per heavy atom. The van der Waals surface area contributed by atoms with Gasteiger partial charge in [-0.1, -0.05) is 24.3 Å². The molecule has 2 aromatic carbocycles. The Balaban J connectivity index is 1.35. The Morgan fingerprint density at radius 3 is 2.58 bits per heavy atom. The lowest BCUT2D eigenvalue weighted by Gasteiger charge is -2.32. The molecule has 0 N–H and O–H groups in total. The number of fused-ring (bicyclic) bond motifs is 1. The highest BCUT2D eigenvalue weighted by molar-refractivity contribution is 5.97. The molecule has 6 nitrogen and oxygen atoms in total. The third-order valence-corrected chi connectivity index (χ3v) is 6.25. The maximum Gasteiger partial charge on any atom is 0.417 e. The number of likely N-dealkylation sites (tertiary alicyclic amines) is 1. The van der Waals surface area contributed by atoms with Crippen LogP contribution in [0, 0.1) is 5.82 Å². The van der Waals surface area contributed by atoms with Gasteiger partial charge in [-0.3, -0.25) is 9.20 Å². The van der Waals surface area contributed by atoms with Gasteiger partial charge in [0, 0.05) is 25.2 Å². The number of benzene rings is 2. The molecule has 1 aliphatic heterocycles. The highest BCUT2D eigenvalue weighted by Gasteiger charge is 2.33. The molecule has 3 heterocycles. The first-order valence-corrected chi connectivity index (χ1v) is 11.5. The van der Waals surface area contributed by atoms with Crippen LogP contribution in [0.2, 0.25) is 0 Å². The number of carbonyl (C=O) groups excluding carboxylic acids is 1. The number of para-hydroxylation sites is 1. The van der Waals surface area contributed by atoms with Crippen molar-refractivity contribution in [3.63, 3.8) is 0 Å². The second kappa shape index (κ2) is 9.60. The number of hydrogen-bond acceptors (Lipinski definition) is 4. The van der Waals surface area contributed by atoms with E-state index in [-0.39, 0.29) is 24.2 Å². The average Bonchev–Trinajstić information content (AvgIpc) is 3.31. The fraction of sp³-hybridized carbons (Fsp3) is 0.269. The van der Waals surface area contributed by atoms with E-state index in [2.05, 4.69) is 10.2 Å². The van der Waals surface area contributed by atoms with Crippen molar-refractivity contribution < 1.29 is 27.1 Å². The first-order chi connectivity index (χ1) is 17.3. The van der Waals surface area contributed by atoms with Crippen LogP contribution in [0.1, 0.15) is 46.1 Å².